The van der Waals surface area contributed by atoms with Gasteiger partial charge in [0.25, 0.3) is 0 Å². The highest BCUT2D eigenvalue weighted by Crippen LogP contribution is 2.26. The summed E-state index contributed by atoms with van der Waals surface area (Å²) in [6.45, 7) is 6.38. The lowest BCUT2D eigenvalue weighted by atomic mass is 10.0. The van der Waals surface area contributed by atoms with Crippen molar-refractivity contribution in [3.05, 3.63) is 59.7 Å². The van der Waals surface area contributed by atoms with Gasteiger partial charge in [-0.2, -0.15) is 5.26 Å². The fraction of sp³-hybridized carbons (Fsp3) is 0.455. The van der Waals surface area contributed by atoms with Gasteiger partial charge in [-0.1, -0.05) is 12.1 Å². The SMILES string of the molecule is CC(=O)N(Cc1cncnc1)[C@H]1CCCN([C@@H](C)c2ccc(C#N)cc2)CC1. The molecule has 2 aromatic rings. The van der Waals surface area contributed by atoms with Crippen molar-refractivity contribution in [2.24, 2.45) is 0 Å². The van der Waals surface area contributed by atoms with Crippen molar-refractivity contribution in [1.29, 1.82) is 5.26 Å². The van der Waals surface area contributed by atoms with E-state index in [-0.39, 0.29) is 11.9 Å². The maximum absolute atomic E-state index is 12.3. The van der Waals surface area contributed by atoms with E-state index in [0.717, 1.165) is 37.9 Å². The molecule has 0 aliphatic carbocycles. The molecule has 1 aliphatic rings. The van der Waals surface area contributed by atoms with Crippen LogP contribution in [-0.2, 0) is 11.3 Å². The molecule has 0 N–H and O–H groups in total. The Hall–Kier alpha value is -2.78. The number of hydrogen-bond acceptors (Lipinski definition) is 5. The average Bonchev–Trinajstić information content (AvgIpc) is 2.98. The molecule has 0 spiro atoms. The second-order valence-electron chi connectivity index (χ2n) is 7.42. The average molecular weight is 377 g/mol. The van der Waals surface area contributed by atoms with Gasteiger partial charge in [-0.25, -0.2) is 9.97 Å². The van der Waals surface area contributed by atoms with Gasteiger partial charge in [0.2, 0.25) is 5.91 Å². The van der Waals surface area contributed by atoms with Crippen molar-refractivity contribution in [2.75, 3.05) is 13.1 Å². The van der Waals surface area contributed by atoms with E-state index in [0.29, 0.717) is 18.2 Å². The summed E-state index contributed by atoms with van der Waals surface area (Å²) < 4.78 is 0. The number of nitriles is 1. The van der Waals surface area contributed by atoms with Crippen LogP contribution in [0.5, 0.6) is 0 Å². The van der Waals surface area contributed by atoms with E-state index in [2.05, 4.69) is 27.9 Å². The Morgan fingerprint density at radius 1 is 1.25 bits per heavy atom. The summed E-state index contributed by atoms with van der Waals surface area (Å²) >= 11 is 0. The van der Waals surface area contributed by atoms with Crippen molar-refractivity contribution in [3.63, 3.8) is 0 Å². The van der Waals surface area contributed by atoms with Crippen LogP contribution in [0.15, 0.2) is 43.0 Å². The molecule has 28 heavy (non-hydrogen) atoms. The standard InChI is InChI=1S/C22H27N5O/c1-17(21-7-5-19(12-23)6-8-21)26-10-3-4-22(9-11-26)27(18(2)28)15-20-13-24-16-25-14-20/h5-8,13-14,16-17,22H,3-4,9-11,15H2,1-2H3/t17-,22-/m0/s1. The van der Waals surface area contributed by atoms with Crippen molar-refractivity contribution < 1.29 is 4.79 Å². The Labute approximate surface area is 166 Å². The molecule has 1 amide bonds. The summed E-state index contributed by atoms with van der Waals surface area (Å²) in [5, 5.41) is 8.98. The van der Waals surface area contributed by atoms with Gasteiger partial charge in [-0.05, 0) is 50.4 Å². The highest BCUT2D eigenvalue weighted by atomic mass is 16.2. The van der Waals surface area contributed by atoms with Crippen molar-refractivity contribution in [1.82, 2.24) is 19.8 Å². The fourth-order valence-electron chi connectivity index (χ4n) is 3.95. The van der Waals surface area contributed by atoms with Gasteiger partial charge in [0.05, 0.1) is 11.6 Å². The maximum Gasteiger partial charge on any atom is 0.219 e. The van der Waals surface area contributed by atoms with Crippen molar-refractivity contribution in [2.45, 2.75) is 51.7 Å². The number of benzene rings is 1. The summed E-state index contributed by atoms with van der Waals surface area (Å²) in [5.74, 6) is 0.0995. The topological polar surface area (TPSA) is 73.1 Å². The van der Waals surface area contributed by atoms with E-state index in [4.69, 9.17) is 5.26 Å². The zero-order valence-electron chi connectivity index (χ0n) is 16.6. The minimum Gasteiger partial charge on any atom is -0.335 e. The van der Waals surface area contributed by atoms with E-state index >= 15 is 0 Å². The molecular formula is C22H27N5O. The zero-order valence-corrected chi connectivity index (χ0v) is 16.6. The van der Waals surface area contributed by atoms with Crippen LogP contribution >= 0.6 is 0 Å². The predicted octanol–water partition coefficient (Wildman–Crippen LogP) is 3.31. The highest BCUT2D eigenvalue weighted by Gasteiger charge is 2.26. The first-order valence-electron chi connectivity index (χ1n) is 9.83. The first kappa shape index (κ1) is 20.0. The molecule has 0 saturated carbocycles. The number of amides is 1. The van der Waals surface area contributed by atoms with Gasteiger partial charge in [-0.3, -0.25) is 9.69 Å². The number of carbonyl (C=O) groups excluding carboxylic acids is 1. The fourth-order valence-corrected chi connectivity index (χ4v) is 3.95. The molecular weight excluding hydrogens is 350 g/mol. The third-order valence-electron chi connectivity index (χ3n) is 5.61. The molecule has 1 aromatic heterocycles. The number of aromatic nitrogens is 2. The van der Waals surface area contributed by atoms with E-state index < -0.39 is 0 Å². The van der Waals surface area contributed by atoms with Crippen LogP contribution < -0.4 is 0 Å². The summed E-state index contributed by atoms with van der Waals surface area (Å²) in [6.07, 6.45) is 8.08. The van der Waals surface area contributed by atoms with E-state index in [1.165, 1.54) is 11.9 Å². The molecule has 1 saturated heterocycles. The number of carbonyl (C=O) groups is 1. The Balaban J connectivity index is 1.65. The second kappa shape index (κ2) is 9.43. The van der Waals surface area contributed by atoms with Gasteiger partial charge in [-0.15, -0.1) is 0 Å². The van der Waals surface area contributed by atoms with Crippen LogP contribution in [0.1, 0.15) is 55.8 Å². The Bertz CT molecular complexity index is 815. The minimum atomic E-state index is 0.0995. The van der Waals surface area contributed by atoms with Crippen LogP contribution in [-0.4, -0.2) is 44.8 Å². The highest BCUT2D eigenvalue weighted by molar-refractivity contribution is 5.73. The summed E-state index contributed by atoms with van der Waals surface area (Å²) in [5.41, 5.74) is 2.88. The first-order valence-corrected chi connectivity index (χ1v) is 9.83. The lowest BCUT2D eigenvalue weighted by molar-refractivity contribution is -0.132. The van der Waals surface area contributed by atoms with Gasteiger partial charge in [0.1, 0.15) is 6.33 Å². The Morgan fingerprint density at radius 2 is 1.96 bits per heavy atom. The summed E-state index contributed by atoms with van der Waals surface area (Å²) in [4.78, 5) is 24.9. The summed E-state index contributed by atoms with van der Waals surface area (Å²) in [7, 11) is 0. The molecule has 0 radical (unpaired) electrons. The van der Waals surface area contributed by atoms with Gasteiger partial charge in [0, 0.05) is 50.1 Å². The number of hydrogen-bond donors (Lipinski definition) is 0. The van der Waals surface area contributed by atoms with Crippen LogP contribution in [0.4, 0.5) is 0 Å². The third-order valence-corrected chi connectivity index (χ3v) is 5.61. The van der Waals surface area contributed by atoms with Crippen LogP contribution in [0.2, 0.25) is 0 Å². The largest absolute Gasteiger partial charge is 0.335 e. The van der Waals surface area contributed by atoms with Crippen molar-refractivity contribution in [3.8, 4) is 6.07 Å². The monoisotopic (exact) mass is 377 g/mol. The molecule has 1 fully saturated rings. The van der Waals surface area contributed by atoms with Crippen LogP contribution in [0.3, 0.4) is 0 Å². The molecule has 2 atom stereocenters. The molecule has 0 bridgehead atoms. The van der Waals surface area contributed by atoms with Crippen molar-refractivity contribution >= 4 is 5.91 Å². The quantitative estimate of drug-likeness (QED) is 0.799. The van der Waals surface area contributed by atoms with Crippen LogP contribution in [0.25, 0.3) is 0 Å². The number of likely N-dealkylation sites (tertiary alicyclic amines) is 1. The minimum absolute atomic E-state index is 0.0995. The van der Waals surface area contributed by atoms with Crippen LogP contribution in [0, 0.1) is 11.3 Å². The van der Waals surface area contributed by atoms with E-state index in [9.17, 15) is 4.79 Å². The Kier molecular flexibility index (Phi) is 6.72. The molecule has 2 heterocycles. The molecule has 6 heteroatoms. The molecule has 146 valence electrons. The van der Waals surface area contributed by atoms with Gasteiger partial charge in [0.15, 0.2) is 0 Å². The molecule has 0 unspecified atom stereocenters. The number of rotatable bonds is 5. The lowest BCUT2D eigenvalue weighted by Gasteiger charge is -2.31. The normalized spacial score (nSPS) is 18.7. The van der Waals surface area contributed by atoms with Gasteiger partial charge < -0.3 is 4.90 Å². The molecule has 1 aromatic carbocycles. The smallest absolute Gasteiger partial charge is 0.219 e. The number of nitrogens with zero attached hydrogens (tertiary/aromatic N) is 5. The molecule has 6 nitrogen and oxygen atoms in total. The predicted molar refractivity (Wildman–Crippen MR) is 107 cm³/mol. The third kappa shape index (κ3) is 4.93. The van der Waals surface area contributed by atoms with E-state index in [1.54, 1.807) is 19.3 Å². The van der Waals surface area contributed by atoms with Gasteiger partial charge >= 0.3 is 0 Å². The zero-order chi connectivity index (χ0) is 19.9. The summed E-state index contributed by atoms with van der Waals surface area (Å²) in [6, 6.07) is 10.5. The molecule has 3 rings (SSSR count). The molecule has 1 aliphatic heterocycles. The maximum atomic E-state index is 12.3. The Morgan fingerprint density at radius 3 is 2.61 bits per heavy atom. The lowest BCUT2D eigenvalue weighted by Crippen LogP contribution is -2.39. The van der Waals surface area contributed by atoms with E-state index in [1.807, 2.05) is 29.2 Å². The second-order valence-corrected chi connectivity index (χ2v) is 7.42. The first-order chi connectivity index (χ1) is 13.6.